The number of aliphatic imine (C=N–C) groups is 2. The van der Waals surface area contributed by atoms with Crippen LogP contribution in [0, 0.1) is 0 Å². The molecule has 2 aromatic carbocycles. The number of nitrogens with zero attached hydrogens (tertiary/aromatic N) is 4. The van der Waals surface area contributed by atoms with E-state index in [2.05, 4.69) is 84.7 Å². The summed E-state index contributed by atoms with van der Waals surface area (Å²) in [6.45, 7) is 10.2. The minimum atomic E-state index is -0.0735. The summed E-state index contributed by atoms with van der Waals surface area (Å²) in [4.78, 5) is 13.7. The van der Waals surface area contributed by atoms with Crippen molar-refractivity contribution in [3.05, 3.63) is 76.3 Å². The van der Waals surface area contributed by atoms with Gasteiger partial charge in [0.05, 0.1) is 12.2 Å². The van der Waals surface area contributed by atoms with Crippen molar-refractivity contribution in [2.24, 2.45) is 9.98 Å². The van der Waals surface area contributed by atoms with Gasteiger partial charge in [0.15, 0.2) is 11.0 Å². The molecule has 166 valence electrons. The number of halogens is 1. The zero-order chi connectivity index (χ0) is 22.7. The van der Waals surface area contributed by atoms with Gasteiger partial charge in [-0.2, -0.15) is 0 Å². The Hall–Kier alpha value is -2.72. The second-order valence-corrected chi connectivity index (χ2v) is 9.68. The van der Waals surface area contributed by atoms with E-state index in [-0.39, 0.29) is 5.41 Å². The average molecular weight is 447 g/mol. The van der Waals surface area contributed by atoms with Gasteiger partial charge >= 0.3 is 0 Å². The molecule has 0 fully saturated rings. The molecule has 0 unspecified atom stereocenters. The van der Waals surface area contributed by atoms with Gasteiger partial charge in [-0.15, -0.1) is 0 Å². The van der Waals surface area contributed by atoms with Crippen LogP contribution in [0.25, 0.3) is 11.1 Å². The predicted molar refractivity (Wildman–Crippen MR) is 135 cm³/mol. The van der Waals surface area contributed by atoms with Gasteiger partial charge in [-0.05, 0) is 23.1 Å². The third kappa shape index (κ3) is 4.71. The minimum absolute atomic E-state index is 0.0735. The summed E-state index contributed by atoms with van der Waals surface area (Å²) in [6, 6.07) is 17.1. The maximum atomic E-state index is 6.61. The molecule has 32 heavy (non-hydrogen) atoms. The van der Waals surface area contributed by atoms with Gasteiger partial charge in [0.2, 0.25) is 0 Å². The summed E-state index contributed by atoms with van der Waals surface area (Å²) in [5.41, 5.74) is 5.67. The molecule has 3 aromatic rings. The molecule has 0 radical (unpaired) electrons. The fraction of sp³-hybridized carbons (Fsp3) is 0.370. The van der Waals surface area contributed by atoms with Crippen molar-refractivity contribution >= 4 is 23.7 Å². The normalized spacial score (nSPS) is 13.6. The Bertz CT molecular complexity index is 1150. The second kappa shape index (κ2) is 9.41. The van der Waals surface area contributed by atoms with Crippen molar-refractivity contribution in [1.82, 2.24) is 9.55 Å². The standard InChI is InChI=1S/C27H31ClN4/c1-5-6-11-23-31-25(28)24(27(2,3)4)32(23)18-19-12-14-20(15-13-19)21-9-7-8-10-22(21)26-29-16-17-30-26/h7-10,12-16H,5-6,11,17-18H2,1-4H3. The van der Waals surface area contributed by atoms with Crippen LogP contribution in [-0.4, -0.2) is 28.1 Å². The van der Waals surface area contributed by atoms with Crippen LogP contribution in [0.15, 0.2) is 58.5 Å². The molecule has 0 amide bonds. The number of rotatable bonds is 7. The molecule has 4 rings (SSSR count). The summed E-state index contributed by atoms with van der Waals surface area (Å²) >= 11 is 6.61. The first-order valence-corrected chi connectivity index (χ1v) is 11.8. The minimum Gasteiger partial charge on any atom is -0.326 e. The molecule has 2 heterocycles. The number of imidazole rings is 1. The molecule has 0 N–H and O–H groups in total. The summed E-state index contributed by atoms with van der Waals surface area (Å²) in [7, 11) is 0. The zero-order valence-corrected chi connectivity index (χ0v) is 20.2. The average Bonchev–Trinajstić information content (AvgIpc) is 3.41. The summed E-state index contributed by atoms with van der Waals surface area (Å²) in [5.74, 6) is 1.89. The van der Waals surface area contributed by atoms with E-state index in [0.717, 1.165) is 54.3 Å². The van der Waals surface area contributed by atoms with Crippen molar-refractivity contribution in [3.8, 4) is 11.1 Å². The molecule has 0 spiro atoms. The first kappa shape index (κ1) is 22.5. The van der Waals surface area contributed by atoms with E-state index in [1.165, 1.54) is 11.1 Å². The number of aromatic nitrogens is 2. The van der Waals surface area contributed by atoms with Crippen LogP contribution in [0.2, 0.25) is 5.15 Å². The van der Waals surface area contributed by atoms with E-state index in [9.17, 15) is 0 Å². The molecule has 1 aliphatic rings. The Morgan fingerprint density at radius 1 is 1.00 bits per heavy atom. The van der Waals surface area contributed by atoms with Gasteiger partial charge in [-0.3, -0.25) is 4.99 Å². The van der Waals surface area contributed by atoms with E-state index in [4.69, 9.17) is 16.6 Å². The fourth-order valence-corrected chi connectivity index (χ4v) is 4.71. The molecule has 0 bridgehead atoms. The molecule has 5 heteroatoms. The van der Waals surface area contributed by atoms with Crippen molar-refractivity contribution in [3.63, 3.8) is 0 Å². The van der Waals surface area contributed by atoms with E-state index in [1.807, 2.05) is 12.3 Å². The fourth-order valence-electron chi connectivity index (χ4n) is 4.23. The lowest BCUT2D eigenvalue weighted by atomic mass is 9.92. The van der Waals surface area contributed by atoms with Crippen molar-refractivity contribution in [2.75, 3.05) is 6.54 Å². The molecule has 0 saturated heterocycles. The number of hydrogen-bond donors (Lipinski definition) is 0. The molecule has 0 atom stereocenters. The highest BCUT2D eigenvalue weighted by Gasteiger charge is 2.26. The van der Waals surface area contributed by atoms with Crippen LogP contribution in [0.3, 0.4) is 0 Å². The summed E-state index contributed by atoms with van der Waals surface area (Å²) in [5, 5.41) is 0.632. The smallest absolute Gasteiger partial charge is 0.155 e. The van der Waals surface area contributed by atoms with Gasteiger partial charge in [0, 0.05) is 30.2 Å². The second-order valence-electron chi connectivity index (χ2n) is 9.33. The SMILES string of the molecule is CCCCc1nc(Cl)c(C(C)(C)C)n1Cc1ccc(-c2ccccc2C2=NCC=N2)cc1. The maximum absolute atomic E-state index is 6.61. The monoisotopic (exact) mass is 446 g/mol. The highest BCUT2D eigenvalue weighted by molar-refractivity contribution is 6.30. The molecule has 1 aromatic heterocycles. The molecule has 4 nitrogen and oxygen atoms in total. The van der Waals surface area contributed by atoms with Crippen LogP contribution in [0.1, 0.15) is 63.2 Å². The lowest BCUT2D eigenvalue weighted by Crippen LogP contribution is -2.20. The molecule has 1 aliphatic heterocycles. The molecular formula is C27H31ClN4. The van der Waals surface area contributed by atoms with Gasteiger partial charge < -0.3 is 4.57 Å². The van der Waals surface area contributed by atoms with Crippen LogP contribution in [0.5, 0.6) is 0 Å². The third-order valence-corrected chi connectivity index (χ3v) is 6.04. The van der Waals surface area contributed by atoms with Gasteiger partial charge in [0.1, 0.15) is 5.82 Å². The van der Waals surface area contributed by atoms with Crippen molar-refractivity contribution in [1.29, 1.82) is 0 Å². The van der Waals surface area contributed by atoms with Crippen molar-refractivity contribution < 1.29 is 0 Å². The topological polar surface area (TPSA) is 42.5 Å². The molecule has 0 saturated carbocycles. The number of benzene rings is 2. The van der Waals surface area contributed by atoms with Crippen LogP contribution in [-0.2, 0) is 18.4 Å². The van der Waals surface area contributed by atoms with E-state index < -0.39 is 0 Å². The van der Waals surface area contributed by atoms with Crippen LogP contribution in [0.4, 0.5) is 0 Å². The third-order valence-electron chi connectivity index (χ3n) is 5.78. The highest BCUT2D eigenvalue weighted by atomic mass is 35.5. The van der Waals surface area contributed by atoms with Crippen LogP contribution < -0.4 is 0 Å². The summed E-state index contributed by atoms with van der Waals surface area (Å²) < 4.78 is 2.32. The van der Waals surface area contributed by atoms with E-state index >= 15 is 0 Å². The van der Waals surface area contributed by atoms with E-state index in [1.54, 1.807) is 0 Å². The Morgan fingerprint density at radius 3 is 2.34 bits per heavy atom. The number of aryl methyl sites for hydroxylation is 1. The maximum Gasteiger partial charge on any atom is 0.155 e. The lowest BCUT2D eigenvalue weighted by molar-refractivity contribution is 0.521. The largest absolute Gasteiger partial charge is 0.326 e. The Kier molecular flexibility index (Phi) is 6.61. The molecule has 0 aliphatic carbocycles. The predicted octanol–water partition coefficient (Wildman–Crippen LogP) is 6.72. The molecular weight excluding hydrogens is 416 g/mol. The Morgan fingerprint density at radius 2 is 1.72 bits per heavy atom. The van der Waals surface area contributed by atoms with Crippen molar-refractivity contribution in [2.45, 2.75) is 58.9 Å². The Labute approximate surface area is 196 Å². The van der Waals surface area contributed by atoms with Crippen LogP contribution >= 0.6 is 11.6 Å². The quantitative estimate of drug-likeness (QED) is 0.397. The highest BCUT2D eigenvalue weighted by Crippen LogP contribution is 2.32. The zero-order valence-electron chi connectivity index (χ0n) is 19.4. The number of unbranched alkanes of at least 4 members (excludes halogenated alkanes) is 1. The first-order valence-electron chi connectivity index (χ1n) is 11.4. The van der Waals surface area contributed by atoms with E-state index in [0.29, 0.717) is 11.7 Å². The number of amidine groups is 1. The first-order chi connectivity index (χ1) is 15.4. The number of hydrogen-bond acceptors (Lipinski definition) is 3. The lowest BCUT2D eigenvalue weighted by Gasteiger charge is -2.23. The van der Waals surface area contributed by atoms with Gasteiger partial charge in [0.25, 0.3) is 0 Å². The Balaban J connectivity index is 1.65. The summed E-state index contributed by atoms with van der Waals surface area (Å²) in [6.07, 6.45) is 5.05. The van der Waals surface area contributed by atoms with Gasteiger partial charge in [-0.1, -0.05) is 94.2 Å². The van der Waals surface area contributed by atoms with Gasteiger partial charge in [-0.25, -0.2) is 9.98 Å².